The van der Waals surface area contributed by atoms with E-state index in [9.17, 15) is 19.8 Å². The fourth-order valence-electron chi connectivity index (χ4n) is 18.3. The number of ether oxygens (including phenoxy) is 3. The second kappa shape index (κ2) is 22.2. The zero-order chi connectivity index (χ0) is 47.5. The maximum atomic E-state index is 11.7. The van der Waals surface area contributed by atoms with E-state index in [1.807, 2.05) is 0 Å². The molecule has 0 aromatic carbocycles. The summed E-state index contributed by atoms with van der Waals surface area (Å²) < 4.78 is 16.7. The summed E-state index contributed by atoms with van der Waals surface area (Å²) >= 11 is 0. The molecule has 0 bridgehead atoms. The van der Waals surface area contributed by atoms with Gasteiger partial charge in [-0.05, 0) is 208 Å². The average molecular weight is 919 g/mol. The molecule has 0 saturated heterocycles. The largest absolute Gasteiger partial charge is 0.481 e. The molecule has 18 unspecified atom stereocenters. The fraction of sp³-hybridized carbons (Fsp3) is 0.963. The first-order chi connectivity index (χ1) is 30.9. The molecule has 8 rings (SSSR count). The van der Waals surface area contributed by atoms with Crippen molar-refractivity contribution >= 4 is 11.9 Å². The Morgan fingerprint density at radius 3 is 1.34 bits per heavy atom. The normalized spacial score (nSPS) is 45.9. The van der Waals surface area contributed by atoms with Gasteiger partial charge in [0.1, 0.15) is 0 Å². The van der Waals surface area contributed by atoms with Gasteiger partial charge in [-0.15, -0.1) is 0 Å². The van der Waals surface area contributed by atoms with E-state index in [1.165, 1.54) is 71.3 Å². The zero-order valence-corrected chi connectivity index (χ0v) is 41.9. The molecule has 0 radical (unpaired) electrons. The standard InChI is InChI=1S/C27H46O5.C26H44O5.CH4O/c1-17(5-8-24(30)31-4)20-6-7-21-25-22(10-12-27(20,21)3)26(2)11-9-19(32-14-13-28)15-18(26)16-23(25)29;1-16(4-7-23(29)30)19-5-6-20-24-21(9-11-26(19,20)3)25(2)10-8-18(31-13-12-27)14-17(25)15-22(24)28;1-2/h17-23,25,28-29H,5-16H2,1-4H3;16-22,24,27-28H,4-15H2,1-3H3,(H,29,30);2H,1H3/t17-,18?,19?,20?,21?,22?,23?,25?,26?,27?;16-,17?,18?,19?,20?,21?,22?,24?,25?,26?;/m11./s1. The van der Waals surface area contributed by atoms with Crippen LogP contribution in [0, 0.1) is 92.7 Å². The molecule has 65 heavy (non-hydrogen) atoms. The minimum absolute atomic E-state index is 0.0814. The van der Waals surface area contributed by atoms with Crippen LogP contribution in [0.1, 0.15) is 170 Å². The van der Waals surface area contributed by atoms with Gasteiger partial charge in [0, 0.05) is 20.0 Å². The summed E-state index contributed by atoms with van der Waals surface area (Å²) in [6.07, 6.45) is 20.6. The van der Waals surface area contributed by atoms with Crippen LogP contribution in [0.2, 0.25) is 0 Å². The van der Waals surface area contributed by atoms with Crippen LogP contribution in [0.3, 0.4) is 0 Å². The smallest absolute Gasteiger partial charge is 0.305 e. The molecule has 0 aliphatic heterocycles. The Balaban J connectivity index is 0.000000208. The Morgan fingerprint density at radius 2 is 0.954 bits per heavy atom. The van der Waals surface area contributed by atoms with Gasteiger partial charge in [0.25, 0.3) is 0 Å². The van der Waals surface area contributed by atoms with Crippen molar-refractivity contribution in [3.8, 4) is 0 Å². The summed E-state index contributed by atoms with van der Waals surface area (Å²) in [5, 5.41) is 57.3. The third-order valence-electron chi connectivity index (χ3n) is 21.5. The highest BCUT2D eigenvalue weighted by molar-refractivity contribution is 5.69. The van der Waals surface area contributed by atoms with Crippen LogP contribution in [0.5, 0.6) is 0 Å². The van der Waals surface area contributed by atoms with Crippen molar-refractivity contribution in [3.05, 3.63) is 0 Å². The van der Waals surface area contributed by atoms with Crippen molar-refractivity contribution in [2.24, 2.45) is 92.7 Å². The molecule has 0 aromatic heterocycles. The predicted octanol–water partition coefficient (Wildman–Crippen LogP) is 8.69. The summed E-state index contributed by atoms with van der Waals surface area (Å²) in [7, 11) is 2.48. The molecule has 8 aliphatic rings. The van der Waals surface area contributed by atoms with Crippen LogP contribution in [0.25, 0.3) is 0 Å². The van der Waals surface area contributed by atoms with Gasteiger partial charge in [0.15, 0.2) is 0 Å². The zero-order valence-electron chi connectivity index (χ0n) is 41.9. The Hall–Kier alpha value is -1.34. The van der Waals surface area contributed by atoms with Crippen molar-refractivity contribution in [3.63, 3.8) is 0 Å². The first kappa shape index (κ1) is 53.0. The van der Waals surface area contributed by atoms with E-state index in [0.29, 0.717) is 96.1 Å². The molecule has 0 aromatic rings. The van der Waals surface area contributed by atoms with Gasteiger partial charge in [0.05, 0.1) is 58.0 Å². The van der Waals surface area contributed by atoms with Gasteiger partial charge in [0.2, 0.25) is 0 Å². The summed E-state index contributed by atoms with van der Waals surface area (Å²) in [5.41, 5.74) is 1.11. The van der Waals surface area contributed by atoms with Crippen LogP contribution < -0.4 is 0 Å². The molecule has 11 nitrogen and oxygen atoms in total. The van der Waals surface area contributed by atoms with Crippen molar-refractivity contribution in [1.29, 1.82) is 0 Å². The van der Waals surface area contributed by atoms with E-state index in [4.69, 9.17) is 34.6 Å². The van der Waals surface area contributed by atoms with Crippen molar-refractivity contribution < 1.29 is 54.4 Å². The third-order valence-corrected chi connectivity index (χ3v) is 21.5. The van der Waals surface area contributed by atoms with E-state index in [2.05, 4.69) is 41.5 Å². The van der Waals surface area contributed by atoms with E-state index < -0.39 is 5.97 Å². The highest BCUT2D eigenvalue weighted by Crippen LogP contribution is 2.70. The van der Waals surface area contributed by atoms with Crippen molar-refractivity contribution in [2.75, 3.05) is 40.6 Å². The summed E-state index contributed by atoms with van der Waals surface area (Å²) in [5.74, 6) is 5.61. The lowest BCUT2D eigenvalue weighted by Gasteiger charge is -2.62. The fourth-order valence-corrected chi connectivity index (χ4v) is 18.3. The highest BCUT2D eigenvalue weighted by atomic mass is 16.5. The van der Waals surface area contributed by atoms with Gasteiger partial charge in [-0.25, -0.2) is 0 Å². The number of esters is 1. The molecule has 0 spiro atoms. The van der Waals surface area contributed by atoms with Crippen LogP contribution in [0.4, 0.5) is 0 Å². The molecule has 6 N–H and O–H groups in total. The summed E-state index contributed by atoms with van der Waals surface area (Å²) in [6.45, 7) is 15.6. The first-order valence-corrected chi connectivity index (χ1v) is 26.5. The molecule has 8 saturated carbocycles. The first-order valence-electron chi connectivity index (χ1n) is 26.5. The van der Waals surface area contributed by atoms with Crippen LogP contribution >= 0.6 is 0 Å². The summed E-state index contributed by atoms with van der Waals surface area (Å²) in [6, 6.07) is 0. The SMILES string of the molecule is CO.COC(=O)CC[C@@H](C)C1CCC2C3C(O)CC4CC(OCCO)CCC4(C)C3CCC21C.C[C@H](CCC(=O)O)C1CCC2C3C(O)CC4CC(OCCO)CCC4(C)C3CCC21C. The van der Waals surface area contributed by atoms with E-state index >= 15 is 0 Å². The Labute approximate surface area is 392 Å². The maximum Gasteiger partial charge on any atom is 0.305 e. The van der Waals surface area contributed by atoms with Crippen LogP contribution in [0.15, 0.2) is 0 Å². The molecule has 8 fully saturated rings. The molecule has 8 aliphatic carbocycles. The number of fused-ring (bicyclic) bond motifs is 10. The number of carbonyl (C=O) groups excluding carboxylic acids is 1. The van der Waals surface area contributed by atoms with Gasteiger partial charge >= 0.3 is 11.9 Å². The van der Waals surface area contributed by atoms with Gasteiger partial charge in [-0.3, -0.25) is 9.59 Å². The summed E-state index contributed by atoms with van der Waals surface area (Å²) in [4.78, 5) is 22.8. The number of carboxylic acid groups (broad SMARTS) is 1. The Morgan fingerprint density at radius 1 is 0.569 bits per heavy atom. The number of hydrogen-bond donors (Lipinski definition) is 6. The number of methoxy groups -OCH3 is 1. The van der Waals surface area contributed by atoms with Crippen molar-refractivity contribution in [1.82, 2.24) is 0 Å². The predicted molar refractivity (Wildman–Crippen MR) is 251 cm³/mol. The maximum absolute atomic E-state index is 11.7. The lowest BCUT2D eigenvalue weighted by Crippen LogP contribution is -2.58. The number of carbonyl (C=O) groups is 2. The average Bonchev–Trinajstić information content (AvgIpc) is 3.84. The molecule has 20 atom stereocenters. The topological polar surface area (TPSA) is 183 Å². The molecule has 376 valence electrons. The second-order valence-electron chi connectivity index (χ2n) is 24.0. The number of hydrogen-bond acceptors (Lipinski definition) is 10. The molecule has 0 heterocycles. The lowest BCUT2D eigenvalue weighted by atomic mass is 9.43. The van der Waals surface area contributed by atoms with Gasteiger partial charge in [-0.2, -0.15) is 0 Å². The van der Waals surface area contributed by atoms with Gasteiger partial charge in [-0.1, -0.05) is 41.5 Å². The quantitative estimate of drug-likeness (QED) is 0.0917. The number of aliphatic carboxylic acids is 1. The second-order valence-corrected chi connectivity index (χ2v) is 24.0. The Kier molecular flexibility index (Phi) is 18.1. The van der Waals surface area contributed by atoms with Crippen molar-refractivity contribution in [2.45, 2.75) is 194 Å². The minimum atomic E-state index is -0.685. The number of rotatable bonds is 14. The monoisotopic (exact) mass is 919 g/mol. The Bertz CT molecular complexity index is 1540. The number of aliphatic hydroxyl groups excluding tert-OH is 5. The highest BCUT2D eigenvalue weighted by Gasteiger charge is 2.65. The van der Waals surface area contributed by atoms with Crippen LogP contribution in [-0.2, 0) is 23.8 Å². The number of aliphatic hydroxyl groups is 5. The minimum Gasteiger partial charge on any atom is -0.481 e. The van der Waals surface area contributed by atoms with Gasteiger partial charge < -0.3 is 44.8 Å². The third kappa shape index (κ3) is 10.4. The molecule has 11 heteroatoms. The van der Waals surface area contributed by atoms with E-state index in [1.54, 1.807) is 0 Å². The van der Waals surface area contributed by atoms with Crippen LogP contribution in [-0.4, -0.2) is 108 Å². The van der Waals surface area contributed by atoms with E-state index in [0.717, 1.165) is 58.5 Å². The lowest BCUT2D eigenvalue weighted by molar-refractivity contribution is -0.179. The number of carboxylic acids is 1. The molecule has 0 amide bonds. The molecular formula is C54H94O11. The molecular weight excluding hydrogens is 825 g/mol. The van der Waals surface area contributed by atoms with E-state index in [-0.39, 0.29) is 66.3 Å².